The number of nitrogens with two attached hydrogens (primary N) is 1. The van der Waals surface area contributed by atoms with Gasteiger partial charge in [-0.05, 0) is 36.0 Å². The van der Waals surface area contributed by atoms with Crippen molar-refractivity contribution in [2.24, 2.45) is 5.73 Å². The first-order valence-corrected chi connectivity index (χ1v) is 4.82. The molecule has 1 aliphatic rings. The SMILES string of the molecule is C=Cc1ccc2c(c1)CCC[C@@H]2N. The summed E-state index contributed by atoms with van der Waals surface area (Å²) in [4.78, 5) is 0. The number of benzene rings is 1. The lowest BCUT2D eigenvalue weighted by Gasteiger charge is -2.22. The minimum atomic E-state index is 0.252. The van der Waals surface area contributed by atoms with Crippen LogP contribution < -0.4 is 5.73 Å². The van der Waals surface area contributed by atoms with E-state index in [1.807, 2.05) is 6.08 Å². The van der Waals surface area contributed by atoms with E-state index in [-0.39, 0.29) is 6.04 Å². The lowest BCUT2D eigenvalue weighted by molar-refractivity contribution is 0.570. The van der Waals surface area contributed by atoms with Crippen LogP contribution in [0.2, 0.25) is 0 Å². The number of hydrogen-bond acceptors (Lipinski definition) is 1. The van der Waals surface area contributed by atoms with E-state index < -0.39 is 0 Å². The first-order chi connectivity index (χ1) is 6.31. The second-order valence-corrected chi connectivity index (χ2v) is 3.66. The molecule has 1 atom stereocenters. The Morgan fingerprint density at radius 2 is 2.31 bits per heavy atom. The van der Waals surface area contributed by atoms with Crippen LogP contribution in [0, 0.1) is 0 Å². The second-order valence-electron chi connectivity index (χ2n) is 3.66. The molecule has 0 saturated heterocycles. The predicted molar refractivity (Wildman–Crippen MR) is 56.4 cm³/mol. The first kappa shape index (κ1) is 8.52. The summed E-state index contributed by atoms with van der Waals surface area (Å²) in [5.41, 5.74) is 9.96. The van der Waals surface area contributed by atoms with Crippen molar-refractivity contribution in [3.05, 3.63) is 41.5 Å². The third kappa shape index (κ3) is 1.52. The summed E-state index contributed by atoms with van der Waals surface area (Å²) in [7, 11) is 0. The fraction of sp³-hybridized carbons (Fsp3) is 0.333. The molecule has 1 aromatic carbocycles. The molecule has 1 heteroatoms. The van der Waals surface area contributed by atoms with Crippen molar-refractivity contribution in [2.75, 3.05) is 0 Å². The van der Waals surface area contributed by atoms with E-state index in [1.165, 1.54) is 29.5 Å². The monoisotopic (exact) mass is 173 g/mol. The smallest absolute Gasteiger partial charge is 0.0297 e. The van der Waals surface area contributed by atoms with Gasteiger partial charge >= 0.3 is 0 Å². The molecule has 0 unspecified atom stereocenters. The van der Waals surface area contributed by atoms with Gasteiger partial charge in [-0.3, -0.25) is 0 Å². The van der Waals surface area contributed by atoms with Gasteiger partial charge in [0, 0.05) is 6.04 Å². The number of hydrogen-bond donors (Lipinski definition) is 1. The topological polar surface area (TPSA) is 26.0 Å². The molecule has 0 aliphatic heterocycles. The van der Waals surface area contributed by atoms with E-state index in [4.69, 9.17) is 5.73 Å². The van der Waals surface area contributed by atoms with Crippen LogP contribution in [-0.4, -0.2) is 0 Å². The molecule has 1 aliphatic carbocycles. The number of aryl methyl sites for hydroxylation is 1. The highest BCUT2D eigenvalue weighted by atomic mass is 14.6. The van der Waals surface area contributed by atoms with Crippen LogP contribution in [-0.2, 0) is 6.42 Å². The van der Waals surface area contributed by atoms with E-state index in [1.54, 1.807) is 0 Å². The minimum Gasteiger partial charge on any atom is -0.324 e. The molecule has 68 valence electrons. The van der Waals surface area contributed by atoms with Crippen molar-refractivity contribution in [1.29, 1.82) is 0 Å². The Hall–Kier alpha value is -1.08. The molecular weight excluding hydrogens is 158 g/mol. The lowest BCUT2D eigenvalue weighted by Crippen LogP contribution is -2.17. The average molecular weight is 173 g/mol. The van der Waals surface area contributed by atoms with E-state index in [9.17, 15) is 0 Å². The van der Waals surface area contributed by atoms with Crippen LogP contribution in [0.15, 0.2) is 24.8 Å². The summed E-state index contributed by atoms with van der Waals surface area (Å²) in [6, 6.07) is 6.71. The minimum absolute atomic E-state index is 0.252. The summed E-state index contributed by atoms with van der Waals surface area (Å²) >= 11 is 0. The Kier molecular flexibility index (Phi) is 2.19. The summed E-state index contributed by atoms with van der Waals surface area (Å²) in [6.45, 7) is 3.77. The molecule has 0 aromatic heterocycles. The van der Waals surface area contributed by atoms with Gasteiger partial charge in [0.05, 0.1) is 0 Å². The van der Waals surface area contributed by atoms with Crippen molar-refractivity contribution >= 4 is 6.08 Å². The predicted octanol–water partition coefficient (Wildman–Crippen LogP) is 2.67. The molecule has 1 nitrogen and oxygen atoms in total. The van der Waals surface area contributed by atoms with Crippen molar-refractivity contribution < 1.29 is 0 Å². The molecule has 2 rings (SSSR count). The van der Waals surface area contributed by atoms with E-state index >= 15 is 0 Å². The van der Waals surface area contributed by atoms with Gasteiger partial charge in [-0.25, -0.2) is 0 Å². The third-order valence-electron chi connectivity index (χ3n) is 2.76. The van der Waals surface area contributed by atoms with Gasteiger partial charge in [-0.1, -0.05) is 30.9 Å². The number of rotatable bonds is 1. The van der Waals surface area contributed by atoms with Crippen LogP contribution in [0.25, 0.3) is 6.08 Å². The van der Waals surface area contributed by atoms with Gasteiger partial charge < -0.3 is 5.73 Å². The quantitative estimate of drug-likeness (QED) is 0.694. The van der Waals surface area contributed by atoms with Crippen molar-refractivity contribution in [2.45, 2.75) is 25.3 Å². The summed E-state index contributed by atoms with van der Waals surface area (Å²) < 4.78 is 0. The van der Waals surface area contributed by atoms with Crippen LogP contribution in [0.4, 0.5) is 0 Å². The fourth-order valence-corrected chi connectivity index (χ4v) is 2.00. The maximum atomic E-state index is 6.01. The Bertz CT molecular complexity index is 328. The Morgan fingerprint density at radius 1 is 1.46 bits per heavy atom. The molecular formula is C12H15N. The van der Waals surface area contributed by atoms with Crippen LogP contribution >= 0.6 is 0 Å². The summed E-state index contributed by atoms with van der Waals surface area (Å²) in [5, 5.41) is 0. The van der Waals surface area contributed by atoms with E-state index in [0.29, 0.717) is 0 Å². The summed E-state index contributed by atoms with van der Waals surface area (Å²) in [5.74, 6) is 0. The van der Waals surface area contributed by atoms with Gasteiger partial charge in [-0.15, -0.1) is 0 Å². The van der Waals surface area contributed by atoms with Gasteiger partial charge in [0.1, 0.15) is 0 Å². The van der Waals surface area contributed by atoms with Gasteiger partial charge in [0.25, 0.3) is 0 Å². The Morgan fingerprint density at radius 3 is 3.08 bits per heavy atom. The Balaban J connectivity index is 2.45. The van der Waals surface area contributed by atoms with Gasteiger partial charge in [0.15, 0.2) is 0 Å². The largest absolute Gasteiger partial charge is 0.324 e. The fourth-order valence-electron chi connectivity index (χ4n) is 2.00. The highest BCUT2D eigenvalue weighted by Gasteiger charge is 2.15. The Labute approximate surface area is 79.3 Å². The zero-order chi connectivity index (χ0) is 9.26. The lowest BCUT2D eigenvalue weighted by atomic mass is 9.87. The van der Waals surface area contributed by atoms with E-state index in [0.717, 1.165) is 6.42 Å². The first-order valence-electron chi connectivity index (χ1n) is 4.82. The van der Waals surface area contributed by atoms with Crippen molar-refractivity contribution in [3.8, 4) is 0 Å². The van der Waals surface area contributed by atoms with Crippen LogP contribution in [0.1, 0.15) is 35.6 Å². The zero-order valence-corrected chi connectivity index (χ0v) is 7.79. The molecule has 1 aromatic rings. The third-order valence-corrected chi connectivity index (χ3v) is 2.76. The molecule has 0 fully saturated rings. The van der Waals surface area contributed by atoms with Crippen LogP contribution in [0.5, 0.6) is 0 Å². The summed E-state index contributed by atoms with van der Waals surface area (Å²) in [6.07, 6.45) is 5.40. The van der Waals surface area contributed by atoms with Crippen molar-refractivity contribution in [3.63, 3.8) is 0 Å². The molecule has 0 saturated carbocycles. The van der Waals surface area contributed by atoms with Crippen molar-refractivity contribution in [1.82, 2.24) is 0 Å². The van der Waals surface area contributed by atoms with Crippen LogP contribution in [0.3, 0.4) is 0 Å². The van der Waals surface area contributed by atoms with Gasteiger partial charge in [0.2, 0.25) is 0 Å². The molecule has 13 heavy (non-hydrogen) atoms. The highest BCUT2D eigenvalue weighted by molar-refractivity contribution is 5.50. The molecule has 0 amide bonds. The molecule has 0 radical (unpaired) electrons. The molecule has 0 heterocycles. The maximum absolute atomic E-state index is 6.01. The average Bonchev–Trinajstić information content (AvgIpc) is 2.18. The number of fused-ring (bicyclic) bond motifs is 1. The van der Waals surface area contributed by atoms with E-state index in [2.05, 4.69) is 24.8 Å². The molecule has 2 N–H and O–H groups in total. The standard InChI is InChI=1S/C12H15N/c1-2-9-6-7-11-10(8-9)4-3-5-12(11)13/h2,6-8,12H,1,3-5,13H2/t12-/m0/s1. The molecule has 0 bridgehead atoms. The normalized spacial score (nSPS) is 20.8. The van der Waals surface area contributed by atoms with Gasteiger partial charge in [-0.2, -0.15) is 0 Å². The zero-order valence-electron chi connectivity index (χ0n) is 7.79. The second kappa shape index (κ2) is 3.35. The maximum Gasteiger partial charge on any atom is 0.0297 e. The highest BCUT2D eigenvalue weighted by Crippen LogP contribution is 2.28. The molecule has 0 spiro atoms.